The van der Waals surface area contributed by atoms with Gasteiger partial charge >= 0.3 is 0 Å². The molecule has 20 heavy (non-hydrogen) atoms. The van der Waals surface area contributed by atoms with E-state index in [-0.39, 0.29) is 6.04 Å². The van der Waals surface area contributed by atoms with Crippen molar-refractivity contribution < 1.29 is 4.21 Å². The summed E-state index contributed by atoms with van der Waals surface area (Å²) in [7, 11) is 1.26. The van der Waals surface area contributed by atoms with Gasteiger partial charge in [-0.05, 0) is 50.4 Å². The first-order valence-corrected chi connectivity index (χ1v) is 9.11. The Labute approximate surface area is 125 Å². The largest absolute Gasteiger partial charge is 0.312 e. The number of hydrogen-bond acceptors (Lipinski definition) is 2. The van der Waals surface area contributed by atoms with Gasteiger partial charge < -0.3 is 5.32 Å². The monoisotopic (exact) mass is 293 g/mol. The summed E-state index contributed by atoms with van der Waals surface area (Å²) in [6, 6.07) is 6.77. The van der Waals surface area contributed by atoms with Gasteiger partial charge in [-0.25, -0.2) is 0 Å². The maximum atomic E-state index is 12.6. The van der Waals surface area contributed by atoms with E-state index in [0.29, 0.717) is 5.25 Å². The number of rotatable bonds is 5. The Morgan fingerprint density at radius 2 is 1.90 bits per heavy atom. The molecular weight excluding hydrogens is 266 g/mol. The highest BCUT2D eigenvalue weighted by Crippen LogP contribution is 2.25. The molecule has 1 N–H and O–H groups in total. The molecular formula is C17H27NOS. The van der Waals surface area contributed by atoms with Crippen LogP contribution in [0.4, 0.5) is 0 Å². The lowest BCUT2D eigenvalue weighted by Crippen LogP contribution is -2.28. The molecule has 1 fully saturated rings. The van der Waals surface area contributed by atoms with Crippen LogP contribution in [0.3, 0.4) is 0 Å². The van der Waals surface area contributed by atoms with Crippen molar-refractivity contribution in [2.45, 2.75) is 57.2 Å². The van der Waals surface area contributed by atoms with Crippen molar-refractivity contribution in [1.29, 1.82) is 0 Å². The molecule has 0 radical (unpaired) electrons. The van der Waals surface area contributed by atoms with Crippen molar-refractivity contribution in [3.63, 3.8) is 0 Å². The van der Waals surface area contributed by atoms with Crippen LogP contribution in [0.2, 0.25) is 0 Å². The number of aryl methyl sites for hydroxylation is 2. The van der Waals surface area contributed by atoms with Crippen molar-refractivity contribution in [3.05, 3.63) is 34.9 Å². The zero-order chi connectivity index (χ0) is 14.5. The number of hydrogen-bond donors (Lipinski definition) is 1. The molecule has 1 saturated carbocycles. The molecule has 0 spiro atoms. The summed E-state index contributed by atoms with van der Waals surface area (Å²) in [6.07, 6.45) is 6.13. The molecule has 1 aromatic carbocycles. The lowest BCUT2D eigenvalue weighted by molar-refractivity contribution is 0.502. The van der Waals surface area contributed by atoms with Gasteiger partial charge in [-0.3, -0.25) is 4.21 Å². The zero-order valence-electron chi connectivity index (χ0n) is 12.9. The Balaban J connectivity index is 2.04. The minimum Gasteiger partial charge on any atom is -0.312 e. The van der Waals surface area contributed by atoms with Gasteiger partial charge in [0.05, 0.1) is 0 Å². The molecule has 0 aliphatic heterocycles. The topological polar surface area (TPSA) is 29.1 Å². The van der Waals surface area contributed by atoms with Crippen molar-refractivity contribution >= 4 is 10.8 Å². The van der Waals surface area contributed by atoms with Crippen LogP contribution in [0, 0.1) is 13.8 Å². The highest BCUT2D eigenvalue weighted by Gasteiger charge is 2.23. The fraction of sp³-hybridized carbons (Fsp3) is 0.647. The second-order valence-electron chi connectivity index (χ2n) is 5.99. The molecule has 1 aliphatic carbocycles. The Morgan fingerprint density at radius 3 is 2.50 bits per heavy atom. The summed E-state index contributed by atoms with van der Waals surface area (Å²) in [4.78, 5) is 0. The molecule has 112 valence electrons. The van der Waals surface area contributed by atoms with Crippen LogP contribution in [0.25, 0.3) is 0 Å². The highest BCUT2D eigenvalue weighted by molar-refractivity contribution is 7.85. The fourth-order valence-electron chi connectivity index (χ4n) is 2.96. The third kappa shape index (κ3) is 3.92. The van der Waals surface area contributed by atoms with E-state index in [9.17, 15) is 4.21 Å². The van der Waals surface area contributed by atoms with Crippen molar-refractivity contribution in [2.75, 3.05) is 12.8 Å². The molecule has 1 aliphatic rings. The maximum absolute atomic E-state index is 12.6. The predicted octanol–water partition coefficient (Wildman–Crippen LogP) is 3.65. The second kappa shape index (κ2) is 7.37. The van der Waals surface area contributed by atoms with Gasteiger partial charge in [0, 0.05) is 27.8 Å². The van der Waals surface area contributed by atoms with Crippen LogP contribution in [0.1, 0.15) is 54.8 Å². The van der Waals surface area contributed by atoms with E-state index in [1.165, 1.54) is 36.0 Å². The van der Waals surface area contributed by atoms with Gasteiger partial charge in [0.1, 0.15) is 0 Å². The molecule has 3 heteroatoms. The first-order valence-electron chi connectivity index (χ1n) is 7.73. The quantitative estimate of drug-likeness (QED) is 0.898. The Kier molecular flexibility index (Phi) is 5.79. The maximum Gasteiger partial charge on any atom is 0.0434 e. The standard InChI is InChI=1S/C17H27NOS/c1-13-9-10-15(11-14(13)2)17(18-3)12-20(19)16-7-5-4-6-8-16/h9-11,16-18H,4-8,12H2,1-3H3. The molecule has 1 aromatic rings. The molecule has 0 heterocycles. The van der Waals surface area contributed by atoms with Gasteiger partial charge in [-0.15, -0.1) is 0 Å². The first kappa shape index (κ1) is 15.7. The molecule has 0 saturated heterocycles. The Hall–Kier alpha value is -0.670. The van der Waals surface area contributed by atoms with E-state index in [1.807, 2.05) is 7.05 Å². The summed E-state index contributed by atoms with van der Waals surface area (Å²) in [5.41, 5.74) is 3.89. The molecule has 0 bridgehead atoms. The fourth-order valence-corrected chi connectivity index (χ4v) is 4.77. The van der Waals surface area contributed by atoms with Crippen LogP contribution in [0.15, 0.2) is 18.2 Å². The summed E-state index contributed by atoms with van der Waals surface area (Å²) in [5, 5.41) is 3.76. The first-order chi connectivity index (χ1) is 9.61. The molecule has 2 nitrogen and oxygen atoms in total. The third-order valence-electron chi connectivity index (χ3n) is 4.54. The lowest BCUT2D eigenvalue weighted by atomic mass is 10.0. The van der Waals surface area contributed by atoms with Gasteiger partial charge in [0.25, 0.3) is 0 Å². The minimum atomic E-state index is -0.711. The predicted molar refractivity (Wildman–Crippen MR) is 87.6 cm³/mol. The minimum absolute atomic E-state index is 0.206. The Bertz CT molecular complexity index is 466. The molecule has 0 amide bonds. The molecule has 0 aromatic heterocycles. The van der Waals surface area contributed by atoms with Crippen LogP contribution in [-0.4, -0.2) is 22.3 Å². The number of benzene rings is 1. The third-order valence-corrected chi connectivity index (χ3v) is 6.41. The van der Waals surface area contributed by atoms with Crippen molar-refractivity contribution in [2.24, 2.45) is 0 Å². The van der Waals surface area contributed by atoms with Crippen LogP contribution in [0.5, 0.6) is 0 Å². The van der Waals surface area contributed by atoms with Gasteiger partial charge in [-0.1, -0.05) is 37.5 Å². The van der Waals surface area contributed by atoms with Crippen LogP contribution < -0.4 is 5.32 Å². The van der Waals surface area contributed by atoms with E-state index < -0.39 is 10.8 Å². The van der Waals surface area contributed by atoms with E-state index in [2.05, 4.69) is 37.4 Å². The van der Waals surface area contributed by atoms with E-state index >= 15 is 0 Å². The zero-order valence-corrected chi connectivity index (χ0v) is 13.8. The van der Waals surface area contributed by atoms with Crippen LogP contribution in [-0.2, 0) is 10.8 Å². The van der Waals surface area contributed by atoms with E-state index in [1.54, 1.807) is 0 Å². The summed E-state index contributed by atoms with van der Waals surface area (Å²) >= 11 is 0. The van der Waals surface area contributed by atoms with Crippen LogP contribution >= 0.6 is 0 Å². The number of nitrogens with one attached hydrogen (secondary N) is 1. The average molecular weight is 293 g/mol. The normalized spacial score (nSPS) is 19.8. The van der Waals surface area contributed by atoms with Gasteiger partial charge in [0.15, 0.2) is 0 Å². The SMILES string of the molecule is CNC(CS(=O)C1CCCCC1)c1ccc(C)c(C)c1. The lowest BCUT2D eigenvalue weighted by Gasteiger charge is -2.24. The van der Waals surface area contributed by atoms with Gasteiger partial charge in [0.2, 0.25) is 0 Å². The molecule has 2 atom stereocenters. The van der Waals surface area contributed by atoms with Crippen molar-refractivity contribution in [3.8, 4) is 0 Å². The average Bonchev–Trinajstić information content (AvgIpc) is 2.48. The summed E-state index contributed by atoms with van der Waals surface area (Å²) in [5.74, 6) is 0.740. The summed E-state index contributed by atoms with van der Waals surface area (Å²) < 4.78 is 12.6. The van der Waals surface area contributed by atoms with Gasteiger partial charge in [-0.2, -0.15) is 0 Å². The summed E-state index contributed by atoms with van der Waals surface area (Å²) in [6.45, 7) is 4.28. The smallest absolute Gasteiger partial charge is 0.0434 e. The van der Waals surface area contributed by atoms with E-state index in [4.69, 9.17) is 0 Å². The Morgan fingerprint density at radius 1 is 1.20 bits per heavy atom. The van der Waals surface area contributed by atoms with E-state index in [0.717, 1.165) is 18.6 Å². The van der Waals surface area contributed by atoms with Crippen molar-refractivity contribution in [1.82, 2.24) is 5.32 Å². The molecule has 2 unspecified atom stereocenters. The molecule has 2 rings (SSSR count). The highest BCUT2D eigenvalue weighted by atomic mass is 32.2. The second-order valence-corrected chi connectivity index (χ2v) is 7.75.